The Morgan fingerprint density at radius 2 is 1.79 bits per heavy atom. The van der Waals surface area contributed by atoms with Crippen molar-refractivity contribution >= 4 is 21.6 Å². The predicted molar refractivity (Wildman–Crippen MR) is 105 cm³/mol. The number of hydrogen-bond acceptors (Lipinski definition) is 3. The molecule has 5 nitrogen and oxygen atoms in total. The third-order valence-electron chi connectivity index (χ3n) is 5.62. The molecule has 0 unspecified atom stereocenters. The van der Waals surface area contributed by atoms with Crippen LogP contribution in [0.4, 0.5) is 10.1 Å². The van der Waals surface area contributed by atoms with Crippen molar-refractivity contribution in [1.29, 1.82) is 0 Å². The molecule has 4 rings (SSSR count). The molecule has 7 heteroatoms. The molecule has 28 heavy (non-hydrogen) atoms. The second-order valence-electron chi connectivity index (χ2n) is 7.46. The van der Waals surface area contributed by atoms with Crippen LogP contribution in [0, 0.1) is 11.7 Å². The minimum Gasteiger partial charge on any atom is -0.326 e. The summed E-state index contributed by atoms with van der Waals surface area (Å²) in [6.07, 6.45) is 3.92. The monoisotopic (exact) mass is 402 g/mol. The number of carbonyl (C=O) groups is 1. The van der Waals surface area contributed by atoms with E-state index in [-0.39, 0.29) is 11.8 Å². The van der Waals surface area contributed by atoms with E-state index >= 15 is 0 Å². The third-order valence-corrected chi connectivity index (χ3v) is 7.52. The maximum atomic E-state index is 13.3. The van der Waals surface area contributed by atoms with Gasteiger partial charge in [-0.2, -0.15) is 4.31 Å². The van der Waals surface area contributed by atoms with E-state index in [1.807, 2.05) is 6.07 Å². The number of carbonyl (C=O) groups excluding carboxylic acids is 1. The van der Waals surface area contributed by atoms with Crippen molar-refractivity contribution in [1.82, 2.24) is 4.31 Å². The lowest BCUT2D eigenvalue weighted by molar-refractivity contribution is -0.120. The third kappa shape index (κ3) is 3.82. The minimum atomic E-state index is -3.55. The van der Waals surface area contributed by atoms with Crippen LogP contribution < -0.4 is 5.32 Å². The number of hydrogen-bond donors (Lipinski definition) is 1. The van der Waals surface area contributed by atoms with Gasteiger partial charge in [-0.05, 0) is 73.6 Å². The smallest absolute Gasteiger partial charge is 0.243 e. The van der Waals surface area contributed by atoms with Crippen molar-refractivity contribution in [3.8, 4) is 0 Å². The quantitative estimate of drug-likeness (QED) is 0.853. The lowest BCUT2D eigenvalue weighted by Crippen LogP contribution is -2.41. The summed E-state index contributed by atoms with van der Waals surface area (Å²) < 4.78 is 40.7. The fraction of sp³-hybridized carbons (Fsp3) is 0.381. The van der Waals surface area contributed by atoms with Gasteiger partial charge in [0.15, 0.2) is 0 Å². The molecule has 1 fully saturated rings. The van der Waals surface area contributed by atoms with Gasteiger partial charge in [0, 0.05) is 24.7 Å². The van der Waals surface area contributed by atoms with Gasteiger partial charge in [0.2, 0.25) is 15.9 Å². The molecule has 1 aliphatic carbocycles. The Hall–Kier alpha value is -2.25. The van der Waals surface area contributed by atoms with Gasteiger partial charge in [-0.1, -0.05) is 12.1 Å². The first-order chi connectivity index (χ1) is 13.4. The highest BCUT2D eigenvalue weighted by molar-refractivity contribution is 7.89. The van der Waals surface area contributed by atoms with Gasteiger partial charge in [0.05, 0.1) is 4.90 Å². The highest BCUT2D eigenvalue weighted by Gasteiger charge is 2.32. The van der Waals surface area contributed by atoms with E-state index in [4.69, 9.17) is 0 Å². The zero-order chi connectivity index (χ0) is 19.7. The van der Waals surface area contributed by atoms with Crippen molar-refractivity contribution < 1.29 is 17.6 Å². The molecule has 1 amide bonds. The molecule has 0 bridgehead atoms. The van der Waals surface area contributed by atoms with E-state index in [1.165, 1.54) is 28.1 Å². The Balaban J connectivity index is 1.40. The SMILES string of the molecule is O=C(Nc1cccc(F)c1)C1CCN(S(=O)(=O)c2ccc3c(c2)CCC3)CC1. The number of nitrogens with one attached hydrogen (secondary N) is 1. The van der Waals surface area contributed by atoms with Gasteiger partial charge in [-0.15, -0.1) is 0 Å². The Kier molecular flexibility index (Phi) is 5.21. The van der Waals surface area contributed by atoms with E-state index in [9.17, 15) is 17.6 Å². The standard InChI is InChI=1S/C21H23FN2O3S/c22-18-5-2-6-19(14-18)23-21(25)16-9-11-24(12-10-16)28(26,27)20-8-7-15-3-1-4-17(15)13-20/h2,5-8,13-14,16H,1,3-4,9-12H2,(H,23,25). The van der Waals surface area contributed by atoms with Crippen molar-refractivity contribution in [2.24, 2.45) is 5.92 Å². The van der Waals surface area contributed by atoms with Crippen LogP contribution in [0.1, 0.15) is 30.4 Å². The Labute approximate surface area is 164 Å². The van der Waals surface area contributed by atoms with Crippen LogP contribution in [0.2, 0.25) is 0 Å². The molecule has 1 saturated heterocycles. The molecule has 2 aromatic carbocycles. The number of piperidine rings is 1. The maximum Gasteiger partial charge on any atom is 0.243 e. The lowest BCUT2D eigenvalue weighted by atomic mass is 9.97. The number of halogens is 1. The van der Waals surface area contributed by atoms with Gasteiger partial charge < -0.3 is 5.32 Å². The summed E-state index contributed by atoms with van der Waals surface area (Å²) in [5, 5.41) is 2.72. The van der Waals surface area contributed by atoms with E-state index < -0.39 is 15.8 Å². The molecule has 0 aromatic heterocycles. The minimum absolute atomic E-state index is 0.194. The van der Waals surface area contributed by atoms with Crippen molar-refractivity contribution in [2.45, 2.75) is 37.0 Å². The second-order valence-corrected chi connectivity index (χ2v) is 9.40. The van der Waals surface area contributed by atoms with Gasteiger partial charge in [0.25, 0.3) is 0 Å². The van der Waals surface area contributed by atoms with Crippen LogP contribution >= 0.6 is 0 Å². The van der Waals surface area contributed by atoms with E-state index in [1.54, 1.807) is 18.2 Å². The highest BCUT2D eigenvalue weighted by Crippen LogP contribution is 2.29. The Bertz CT molecular complexity index is 998. The van der Waals surface area contributed by atoms with Gasteiger partial charge in [-0.25, -0.2) is 12.8 Å². The molecule has 0 saturated carbocycles. The Morgan fingerprint density at radius 3 is 2.54 bits per heavy atom. The topological polar surface area (TPSA) is 66.5 Å². The molecule has 0 atom stereocenters. The number of anilines is 1. The van der Waals surface area contributed by atoms with Crippen LogP contribution in [0.3, 0.4) is 0 Å². The van der Waals surface area contributed by atoms with Crippen LogP contribution in [0.15, 0.2) is 47.4 Å². The number of aryl methyl sites for hydroxylation is 2. The van der Waals surface area contributed by atoms with Crippen LogP contribution in [-0.4, -0.2) is 31.7 Å². The van der Waals surface area contributed by atoms with E-state index in [0.29, 0.717) is 36.5 Å². The highest BCUT2D eigenvalue weighted by atomic mass is 32.2. The molecule has 2 aliphatic rings. The number of sulfonamides is 1. The normalized spacial score (nSPS) is 18.0. The average Bonchev–Trinajstić information content (AvgIpc) is 3.16. The molecule has 1 heterocycles. The summed E-state index contributed by atoms with van der Waals surface area (Å²) in [6, 6.07) is 11.2. The predicted octanol–water partition coefficient (Wildman–Crippen LogP) is 3.35. The summed E-state index contributed by atoms with van der Waals surface area (Å²) in [7, 11) is -3.55. The molecule has 0 spiro atoms. The van der Waals surface area contributed by atoms with Gasteiger partial charge in [-0.3, -0.25) is 4.79 Å². The molecule has 2 aromatic rings. The summed E-state index contributed by atoms with van der Waals surface area (Å²) in [6.45, 7) is 0.612. The van der Waals surface area contributed by atoms with Crippen molar-refractivity contribution in [3.63, 3.8) is 0 Å². The van der Waals surface area contributed by atoms with Crippen molar-refractivity contribution in [3.05, 3.63) is 59.4 Å². The Morgan fingerprint density at radius 1 is 1.04 bits per heavy atom. The molecule has 148 valence electrons. The summed E-state index contributed by atoms with van der Waals surface area (Å²) in [5.74, 6) is -0.886. The van der Waals surface area contributed by atoms with Crippen molar-refractivity contribution in [2.75, 3.05) is 18.4 Å². The van der Waals surface area contributed by atoms with E-state index in [0.717, 1.165) is 24.8 Å². The van der Waals surface area contributed by atoms with Crippen LogP contribution in [0.25, 0.3) is 0 Å². The van der Waals surface area contributed by atoms with E-state index in [2.05, 4.69) is 5.32 Å². The fourth-order valence-corrected chi connectivity index (χ4v) is 5.55. The summed E-state index contributed by atoms with van der Waals surface area (Å²) in [5.41, 5.74) is 2.79. The average molecular weight is 402 g/mol. The number of rotatable bonds is 4. The first kappa shape index (κ1) is 19.1. The van der Waals surface area contributed by atoms with Gasteiger partial charge in [0.1, 0.15) is 5.82 Å². The summed E-state index contributed by atoms with van der Waals surface area (Å²) in [4.78, 5) is 12.8. The van der Waals surface area contributed by atoms with Crippen LogP contribution in [0.5, 0.6) is 0 Å². The zero-order valence-electron chi connectivity index (χ0n) is 15.5. The summed E-state index contributed by atoms with van der Waals surface area (Å²) >= 11 is 0. The first-order valence-electron chi connectivity index (χ1n) is 9.62. The molecule has 1 aliphatic heterocycles. The van der Waals surface area contributed by atoms with Crippen LogP contribution in [-0.2, 0) is 27.7 Å². The number of amides is 1. The maximum absolute atomic E-state index is 13.3. The largest absolute Gasteiger partial charge is 0.326 e. The molecular weight excluding hydrogens is 379 g/mol. The second kappa shape index (κ2) is 7.64. The van der Waals surface area contributed by atoms with Gasteiger partial charge >= 0.3 is 0 Å². The molecule has 1 N–H and O–H groups in total. The number of nitrogens with zero attached hydrogens (tertiary/aromatic N) is 1. The number of benzene rings is 2. The lowest BCUT2D eigenvalue weighted by Gasteiger charge is -2.30. The first-order valence-corrected chi connectivity index (χ1v) is 11.1. The fourth-order valence-electron chi connectivity index (χ4n) is 4.03. The number of fused-ring (bicyclic) bond motifs is 1. The molecular formula is C21H23FN2O3S. The zero-order valence-corrected chi connectivity index (χ0v) is 16.3. The molecule has 0 radical (unpaired) electrons.